The van der Waals surface area contributed by atoms with Crippen molar-refractivity contribution in [2.24, 2.45) is 0 Å². The monoisotopic (exact) mass is 276 g/mol. The summed E-state index contributed by atoms with van der Waals surface area (Å²) in [4.78, 5) is 0. The number of hydrogen-bond acceptors (Lipinski definition) is 2. The molecule has 1 N–H and O–H groups in total. The van der Waals surface area contributed by atoms with Gasteiger partial charge in [-0.3, -0.25) is 0 Å². The first-order valence-electron chi connectivity index (χ1n) is 4.66. The molecule has 84 valence electrons. The molecule has 1 unspecified atom stereocenters. The molecule has 2 nitrogen and oxygen atoms in total. The van der Waals surface area contributed by atoms with E-state index in [1.165, 1.54) is 6.07 Å². The summed E-state index contributed by atoms with van der Waals surface area (Å²) in [6, 6.07) is 1.41. The van der Waals surface area contributed by atoms with Crippen molar-refractivity contribution in [3.63, 3.8) is 0 Å². The number of aryl methyl sites for hydroxylation is 1. The minimum Gasteiger partial charge on any atom is -0.496 e. The summed E-state index contributed by atoms with van der Waals surface area (Å²) in [6.07, 6.45) is 0. The van der Waals surface area contributed by atoms with E-state index in [4.69, 9.17) is 9.84 Å². The van der Waals surface area contributed by atoms with Crippen LogP contribution in [0, 0.1) is 12.7 Å². The highest BCUT2D eigenvalue weighted by Crippen LogP contribution is 2.37. The Morgan fingerprint density at radius 2 is 2.20 bits per heavy atom. The van der Waals surface area contributed by atoms with Gasteiger partial charge in [-0.25, -0.2) is 4.39 Å². The molecule has 0 fully saturated rings. The normalized spacial score (nSPS) is 12.7. The molecular weight excluding hydrogens is 263 g/mol. The molecule has 1 aromatic rings. The summed E-state index contributed by atoms with van der Waals surface area (Å²) in [5.41, 5.74) is 1.41. The summed E-state index contributed by atoms with van der Waals surface area (Å²) >= 11 is 3.18. The Balaban J connectivity index is 3.43. The van der Waals surface area contributed by atoms with Gasteiger partial charge in [0.1, 0.15) is 11.6 Å². The van der Waals surface area contributed by atoms with Crippen molar-refractivity contribution in [2.45, 2.75) is 19.8 Å². The summed E-state index contributed by atoms with van der Waals surface area (Å²) in [7, 11) is 1.54. The number of benzene rings is 1. The summed E-state index contributed by atoms with van der Waals surface area (Å²) in [5, 5.41) is 9.12. The summed E-state index contributed by atoms with van der Waals surface area (Å²) in [6.45, 7) is 3.56. The SMILES string of the molecule is COc1c(C)cc(F)c(Br)c1C(C)CO. The number of aliphatic hydroxyl groups is 1. The van der Waals surface area contributed by atoms with Crippen molar-refractivity contribution >= 4 is 15.9 Å². The zero-order chi connectivity index (χ0) is 11.6. The Hall–Kier alpha value is -0.610. The second kappa shape index (κ2) is 4.94. The fourth-order valence-corrected chi connectivity index (χ4v) is 2.25. The number of ether oxygens (including phenoxy) is 1. The Bertz CT molecular complexity index is 366. The van der Waals surface area contributed by atoms with E-state index >= 15 is 0 Å². The molecule has 0 aliphatic carbocycles. The lowest BCUT2D eigenvalue weighted by atomic mass is 9.98. The van der Waals surface area contributed by atoms with Crippen LogP contribution in [0.3, 0.4) is 0 Å². The maximum absolute atomic E-state index is 13.5. The lowest BCUT2D eigenvalue weighted by Crippen LogP contribution is -2.05. The lowest BCUT2D eigenvalue weighted by molar-refractivity contribution is 0.269. The van der Waals surface area contributed by atoms with Gasteiger partial charge in [-0.15, -0.1) is 0 Å². The summed E-state index contributed by atoms with van der Waals surface area (Å²) in [5.74, 6) is 0.136. The molecule has 0 aliphatic heterocycles. The predicted octanol–water partition coefficient (Wildman–Crippen LogP) is 3.00. The van der Waals surface area contributed by atoms with E-state index in [9.17, 15) is 4.39 Å². The zero-order valence-corrected chi connectivity index (χ0v) is 10.6. The van der Waals surface area contributed by atoms with Crippen LogP contribution in [0.1, 0.15) is 24.0 Å². The van der Waals surface area contributed by atoms with Gasteiger partial charge in [-0.05, 0) is 34.5 Å². The molecular formula is C11H14BrFO2. The van der Waals surface area contributed by atoms with Crippen LogP contribution in [0.15, 0.2) is 10.5 Å². The van der Waals surface area contributed by atoms with Crippen LogP contribution in [0.2, 0.25) is 0 Å². The first kappa shape index (κ1) is 12.5. The topological polar surface area (TPSA) is 29.5 Å². The highest BCUT2D eigenvalue weighted by atomic mass is 79.9. The van der Waals surface area contributed by atoms with E-state index in [2.05, 4.69) is 15.9 Å². The number of rotatable bonds is 3. The van der Waals surface area contributed by atoms with Gasteiger partial charge in [-0.2, -0.15) is 0 Å². The molecule has 0 saturated heterocycles. The third kappa shape index (κ3) is 2.32. The van der Waals surface area contributed by atoms with Gasteiger partial charge < -0.3 is 9.84 Å². The molecule has 0 heterocycles. The molecule has 0 saturated carbocycles. The molecule has 0 amide bonds. The number of hydrogen-bond donors (Lipinski definition) is 1. The van der Waals surface area contributed by atoms with Crippen molar-refractivity contribution < 1.29 is 14.2 Å². The Morgan fingerprint density at radius 3 is 2.67 bits per heavy atom. The number of aliphatic hydroxyl groups excluding tert-OH is 1. The maximum atomic E-state index is 13.5. The third-order valence-electron chi connectivity index (χ3n) is 2.36. The van der Waals surface area contributed by atoms with Gasteiger partial charge in [0, 0.05) is 18.1 Å². The fourth-order valence-electron chi connectivity index (χ4n) is 1.56. The number of halogens is 2. The Morgan fingerprint density at radius 1 is 1.60 bits per heavy atom. The molecule has 15 heavy (non-hydrogen) atoms. The molecule has 1 aromatic carbocycles. The van der Waals surface area contributed by atoms with Crippen molar-refractivity contribution in [1.29, 1.82) is 0 Å². The van der Waals surface area contributed by atoms with Gasteiger partial charge in [0.15, 0.2) is 0 Å². The van der Waals surface area contributed by atoms with Crippen molar-refractivity contribution in [3.8, 4) is 5.75 Å². The largest absolute Gasteiger partial charge is 0.496 e. The first-order chi connectivity index (χ1) is 7.02. The Labute approximate surface area is 97.2 Å². The molecule has 0 bridgehead atoms. The van der Waals surface area contributed by atoms with Crippen LogP contribution < -0.4 is 4.74 Å². The van der Waals surface area contributed by atoms with Crippen LogP contribution in [0.4, 0.5) is 4.39 Å². The second-order valence-electron chi connectivity index (χ2n) is 3.52. The molecule has 0 aromatic heterocycles. The zero-order valence-electron chi connectivity index (χ0n) is 8.97. The fraction of sp³-hybridized carbons (Fsp3) is 0.455. The Kier molecular flexibility index (Phi) is 4.11. The van der Waals surface area contributed by atoms with Crippen LogP contribution in [-0.2, 0) is 0 Å². The molecule has 0 spiro atoms. The molecule has 0 radical (unpaired) electrons. The molecule has 4 heteroatoms. The number of methoxy groups -OCH3 is 1. The van der Waals surface area contributed by atoms with Gasteiger partial charge in [-0.1, -0.05) is 6.92 Å². The quantitative estimate of drug-likeness (QED) is 0.920. The third-order valence-corrected chi connectivity index (χ3v) is 3.17. The van der Waals surface area contributed by atoms with Crippen LogP contribution in [0.25, 0.3) is 0 Å². The van der Waals surface area contributed by atoms with E-state index in [0.29, 0.717) is 15.8 Å². The minimum atomic E-state index is -0.330. The smallest absolute Gasteiger partial charge is 0.138 e. The van der Waals surface area contributed by atoms with Gasteiger partial charge >= 0.3 is 0 Å². The van der Waals surface area contributed by atoms with Crippen LogP contribution in [0.5, 0.6) is 5.75 Å². The van der Waals surface area contributed by atoms with Crippen molar-refractivity contribution in [3.05, 3.63) is 27.5 Å². The van der Waals surface area contributed by atoms with Crippen LogP contribution >= 0.6 is 15.9 Å². The highest BCUT2D eigenvalue weighted by molar-refractivity contribution is 9.10. The van der Waals surface area contributed by atoms with Crippen molar-refractivity contribution in [1.82, 2.24) is 0 Å². The predicted molar refractivity (Wildman–Crippen MR) is 60.9 cm³/mol. The average molecular weight is 277 g/mol. The minimum absolute atomic E-state index is 0.0438. The standard InChI is InChI=1S/C11H14BrFO2/c1-6-4-8(13)10(12)9(7(2)5-14)11(6)15-3/h4,7,14H,5H2,1-3H3. The van der Waals surface area contributed by atoms with Gasteiger partial charge in [0.05, 0.1) is 11.6 Å². The molecule has 1 atom stereocenters. The lowest BCUT2D eigenvalue weighted by Gasteiger charge is -2.18. The van der Waals surface area contributed by atoms with E-state index in [1.807, 2.05) is 6.92 Å². The van der Waals surface area contributed by atoms with Gasteiger partial charge in [0.25, 0.3) is 0 Å². The van der Waals surface area contributed by atoms with E-state index < -0.39 is 0 Å². The second-order valence-corrected chi connectivity index (χ2v) is 4.31. The molecule has 1 rings (SSSR count). The maximum Gasteiger partial charge on any atom is 0.138 e. The highest BCUT2D eigenvalue weighted by Gasteiger charge is 2.19. The van der Waals surface area contributed by atoms with Crippen molar-refractivity contribution in [2.75, 3.05) is 13.7 Å². The van der Waals surface area contributed by atoms with E-state index in [0.717, 1.165) is 5.56 Å². The van der Waals surface area contributed by atoms with Gasteiger partial charge in [0.2, 0.25) is 0 Å². The first-order valence-corrected chi connectivity index (χ1v) is 5.45. The molecule has 0 aliphatic rings. The van der Waals surface area contributed by atoms with E-state index in [1.54, 1.807) is 14.0 Å². The average Bonchev–Trinajstić information content (AvgIpc) is 2.21. The summed E-state index contributed by atoms with van der Waals surface area (Å²) < 4.78 is 19.1. The van der Waals surface area contributed by atoms with Crippen LogP contribution in [-0.4, -0.2) is 18.8 Å². The van der Waals surface area contributed by atoms with E-state index in [-0.39, 0.29) is 18.3 Å².